The molecule has 0 saturated carbocycles. The van der Waals surface area contributed by atoms with Crippen LogP contribution in [-0.2, 0) is 19.1 Å². The van der Waals surface area contributed by atoms with Gasteiger partial charge in [0, 0.05) is 28.7 Å². The Morgan fingerprint density at radius 3 is 2.29 bits per heavy atom. The molecule has 0 radical (unpaired) electrons. The molecule has 7 nitrogen and oxygen atoms in total. The van der Waals surface area contributed by atoms with Crippen molar-refractivity contribution in [1.29, 1.82) is 0 Å². The molecule has 1 amide bonds. The van der Waals surface area contributed by atoms with E-state index in [1.807, 2.05) is 6.92 Å². The minimum atomic E-state index is -0.653. The molecule has 8 heteroatoms. The molecule has 1 heterocycles. The van der Waals surface area contributed by atoms with Crippen LogP contribution in [0.3, 0.4) is 0 Å². The van der Waals surface area contributed by atoms with E-state index >= 15 is 0 Å². The summed E-state index contributed by atoms with van der Waals surface area (Å²) in [5.74, 6) is -2.19. The summed E-state index contributed by atoms with van der Waals surface area (Å²) in [6.07, 6.45) is 0.740. The van der Waals surface area contributed by atoms with Gasteiger partial charge in [0.25, 0.3) is 0 Å². The van der Waals surface area contributed by atoms with Crippen molar-refractivity contribution < 1.29 is 28.7 Å². The number of hydrogen-bond donors (Lipinski definition) is 0. The van der Waals surface area contributed by atoms with Crippen molar-refractivity contribution in [2.45, 2.75) is 19.8 Å². The van der Waals surface area contributed by atoms with Crippen LogP contribution in [0.15, 0.2) is 53.0 Å². The fourth-order valence-electron chi connectivity index (χ4n) is 3.14. The summed E-state index contributed by atoms with van der Waals surface area (Å²) in [5, 5.41) is 0. The van der Waals surface area contributed by atoms with E-state index in [-0.39, 0.29) is 31.3 Å². The van der Waals surface area contributed by atoms with E-state index in [0.29, 0.717) is 23.4 Å². The normalized spacial score (nSPS) is 15.6. The summed E-state index contributed by atoms with van der Waals surface area (Å²) in [6.45, 7) is 2.04. The van der Waals surface area contributed by atoms with Crippen LogP contribution in [0, 0.1) is 5.92 Å². The second kappa shape index (κ2) is 10.3. The number of carbonyl (C=O) groups is 4. The summed E-state index contributed by atoms with van der Waals surface area (Å²) in [4.78, 5) is 50.3. The Morgan fingerprint density at radius 1 is 1.00 bits per heavy atom. The monoisotopic (exact) mass is 487 g/mol. The molecule has 2 aromatic carbocycles. The van der Waals surface area contributed by atoms with Gasteiger partial charge in [-0.3, -0.25) is 14.4 Å². The summed E-state index contributed by atoms with van der Waals surface area (Å²) in [5.41, 5.74) is 1.42. The third-order valence-electron chi connectivity index (χ3n) is 4.82. The molecule has 0 N–H and O–H groups in total. The first-order valence-corrected chi connectivity index (χ1v) is 10.7. The lowest BCUT2D eigenvalue weighted by Gasteiger charge is -2.17. The van der Waals surface area contributed by atoms with E-state index in [4.69, 9.17) is 9.47 Å². The van der Waals surface area contributed by atoms with Crippen LogP contribution < -0.4 is 4.90 Å². The van der Waals surface area contributed by atoms with Gasteiger partial charge in [0.1, 0.15) is 0 Å². The smallest absolute Gasteiger partial charge is 0.338 e. The molecule has 1 aliphatic rings. The molecule has 1 aliphatic heterocycles. The molecular formula is C23H22BrNO6. The first kappa shape index (κ1) is 22.7. The van der Waals surface area contributed by atoms with Gasteiger partial charge in [-0.2, -0.15) is 0 Å². The zero-order valence-electron chi connectivity index (χ0n) is 17.0. The standard InChI is InChI=1S/C23H22BrNO6/c1-2-11-30-22(28)16-5-9-19(10-6-16)25-13-17(12-21(25)27)23(29)31-14-20(26)15-3-7-18(24)8-4-15/h3-10,17H,2,11-14H2,1H3/t17-/m1/s1. The molecule has 0 aliphatic carbocycles. The molecule has 2 aromatic rings. The van der Waals surface area contributed by atoms with Crippen LogP contribution in [0.25, 0.3) is 0 Å². The average molecular weight is 488 g/mol. The van der Waals surface area contributed by atoms with Gasteiger partial charge < -0.3 is 14.4 Å². The fraction of sp³-hybridized carbons (Fsp3) is 0.304. The van der Waals surface area contributed by atoms with Gasteiger partial charge in [0.05, 0.1) is 18.1 Å². The van der Waals surface area contributed by atoms with Crippen LogP contribution in [0.4, 0.5) is 5.69 Å². The Morgan fingerprint density at radius 2 is 1.65 bits per heavy atom. The zero-order valence-corrected chi connectivity index (χ0v) is 18.6. The molecule has 31 heavy (non-hydrogen) atoms. The SMILES string of the molecule is CCCOC(=O)c1ccc(N2C[C@H](C(=O)OCC(=O)c3ccc(Br)cc3)CC2=O)cc1. The van der Waals surface area contributed by atoms with E-state index in [0.717, 1.165) is 10.9 Å². The molecule has 3 rings (SSSR count). The Labute approximate surface area is 188 Å². The number of halogens is 1. The van der Waals surface area contributed by atoms with Gasteiger partial charge in [-0.15, -0.1) is 0 Å². The Balaban J connectivity index is 1.55. The molecule has 162 valence electrons. The molecule has 0 bridgehead atoms. The number of esters is 2. The zero-order chi connectivity index (χ0) is 22.4. The highest BCUT2D eigenvalue weighted by molar-refractivity contribution is 9.10. The van der Waals surface area contributed by atoms with E-state index in [1.54, 1.807) is 48.5 Å². The fourth-order valence-corrected chi connectivity index (χ4v) is 3.41. The number of anilines is 1. The van der Waals surface area contributed by atoms with Gasteiger partial charge in [-0.25, -0.2) is 4.79 Å². The van der Waals surface area contributed by atoms with E-state index < -0.39 is 17.9 Å². The lowest BCUT2D eigenvalue weighted by atomic mass is 10.1. The third kappa shape index (κ3) is 5.79. The van der Waals surface area contributed by atoms with Crippen molar-refractivity contribution >= 4 is 45.2 Å². The Hall–Kier alpha value is -3.00. The van der Waals surface area contributed by atoms with Crippen LogP contribution >= 0.6 is 15.9 Å². The van der Waals surface area contributed by atoms with Gasteiger partial charge >= 0.3 is 11.9 Å². The maximum absolute atomic E-state index is 12.4. The summed E-state index contributed by atoms with van der Waals surface area (Å²) in [6, 6.07) is 13.2. The van der Waals surface area contributed by atoms with Crippen molar-refractivity contribution in [2.24, 2.45) is 5.92 Å². The van der Waals surface area contributed by atoms with E-state index in [1.165, 1.54) is 4.90 Å². The summed E-state index contributed by atoms with van der Waals surface area (Å²) >= 11 is 3.30. The number of hydrogen-bond acceptors (Lipinski definition) is 6. The van der Waals surface area contributed by atoms with Gasteiger partial charge in [0.2, 0.25) is 5.91 Å². The molecule has 0 spiro atoms. The van der Waals surface area contributed by atoms with E-state index in [2.05, 4.69) is 15.9 Å². The highest BCUT2D eigenvalue weighted by atomic mass is 79.9. The van der Waals surface area contributed by atoms with Crippen molar-refractivity contribution in [3.63, 3.8) is 0 Å². The van der Waals surface area contributed by atoms with Crippen LogP contribution in [0.5, 0.6) is 0 Å². The first-order chi connectivity index (χ1) is 14.9. The van der Waals surface area contributed by atoms with Gasteiger partial charge in [-0.05, 0) is 42.8 Å². The Kier molecular flexibility index (Phi) is 7.57. The summed E-state index contributed by atoms with van der Waals surface area (Å²) < 4.78 is 11.1. The number of benzene rings is 2. The minimum absolute atomic E-state index is 0.00556. The van der Waals surface area contributed by atoms with Gasteiger partial charge in [0.15, 0.2) is 12.4 Å². The first-order valence-electron chi connectivity index (χ1n) is 9.92. The maximum atomic E-state index is 12.4. The Bertz CT molecular complexity index is 971. The lowest BCUT2D eigenvalue weighted by molar-refractivity contribution is -0.147. The molecule has 0 unspecified atom stereocenters. The molecule has 1 atom stereocenters. The molecule has 1 saturated heterocycles. The minimum Gasteiger partial charge on any atom is -0.462 e. The van der Waals surface area contributed by atoms with Crippen molar-refractivity contribution in [3.8, 4) is 0 Å². The van der Waals surface area contributed by atoms with Crippen LogP contribution in [0.1, 0.15) is 40.5 Å². The van der Waals surface area contributed by atoms with Crippen molar-refractivity contribution in [2.75, 3.05) is 24.7 Å². The predicted molar refractivity (Wildman–Crippen MR) is 117 cm³/mol. The number of nitrogens with zero attached hydrogens (tertiary/aromatic N) is 1. The number of ether oxygens (including phenoxy) is 2. The highest BCUT2D eigenvalue weighted by Crippen LogP contribution is 2.26. The molecule has 1 fully saturated rings. The highest BCUT2D eigenvalue weighted by Gasteiger charge is 2.36. The average Bonchev–Trinajstić information content (AvgIpc) is 3.17. The molecule has 0 aromatic heterocycles. The second-order valence-electron chi connectivity index (χ2n) is 7.13. The van der Waals surface area contributed by atoms with E-state index in [9.17, 15) is 19.2 Å². The number of rotatable bonds is 8. The summed E-state index contributed by atoms with van der Waals surface area (Å²) in [7, 11) is 0. The number of carbonyl (C=O) groups excluding carboxylic acids is 4. The largest absolute Gasteiger partial charge is 0.462 e. The van der Waals surface area contributed by atoms with Crippen LogP contribution in [-0.4, -0.2) is 43.4 Å². The second-order valence-corrected chi connectivity index (χ2v) is 8.04. The predicted octanol–water partition coefficient (Wildman–Crippen LogP) is 3.79. The van der Waals surface area contributed by atoms with Crippen molar-refractivity contribution in [1.82, 2.24) is 0 Å². The quantitative estimate of drug-likeness (QED) is 0.415. The number of amides is 1. The number of ketones is 1. The van der Waals surface area contributed by atoms with Gasteiger partial charge in [-0.1, -0.05) is 35.0 Å². The van der Waals surface area contributed by atoms with Crippen LogP contribution in [0.2, 0.25) is 0 Å². The number of Topliss-reactive ketones (excluding diaryl/α,β-unsaturated/α-hetero) is 1. The third-order valence-corrected chi connectivity index (χ3v) is 5.35. The maximum Gasteiger partial charge on any atom is 0.338 e. The lowest BCUT2D eigenvalue weighted by Crippen LogP contribution is -2.27. The van der Waals surface area contributed by atoms with Crippen molar-refractivity contribution in [3.05, 3.63) is 64.1 Å². The topological polar surface area (TPSA) is 90.0 Å². The molecular weight excluding hydrogens is 466 g/mol.